The fourth-order valence-electron chi connectivity index (χ4n) is 1.38. The lowest BCUT2D eigenvalue weighted by Gasteiger charge is -1.97. The molecule has 1 heterocycles. The summed E-state index contributed by atoms with van der Waals surface area (Å²) >= 11 is 0. The number of nitrogens with zero attached hydrogens (tertiary/aromatic N) is 3. The predicted molar refractivity (Wildman–Crippen MR) is 68.7 cm³/mol. The zero-order valence-corrected chi connectivity index (χ0v) is 11.3. The number of halogens is 3. The number of oxime groups is 1. The highest BCUT2D eigenvalue weighted by Gasteiger charge is 2.38. The van der Waals surface area contributed by atoms with Gasteiger partial charge in [0.1, 0.15) is 0 Å². The van der Waals surface area contributed by atoms with Crippen LogP contribution in [0.25, 0.3) is 11.4 Å². The molecule has 0 unspecified atom stereocenters. The summed E-state index contributed by atoms with van der Waals surface area (Å²) in [5.74, 6) is -2.05. The Morgan fingerprint density at radius 2 is 2.05 bits per heavy atom. The summed E-state index contributed by atoms with van der Waals surface area (Å²) in [5, 5.41) is 6.75. The van der Waals surface area contributed by atoms with E-state index in [1.165, 1.54) is 18.3 Å². The van der Waals surface area contributed by atoms with Gasteiger partial charge < -0.3 is 9.36 Å². The molecule has 0 saturated heterocycles. The van der Waals surface area contributed by atoms with Crippen LogP contribution in [0.2, 0.25) is 0 Å². The first-order chi connectivity index (χ1) is 10.4. The molecule has 0 N–H and O–H groups in total. The van der Waals surface area contributed by atoms with Gasteiger partial charge in [0.15, 0.2) is 0 Å². The second kappa shape index (κ2) is 6.37. The number of benzene rings is 1. The number of carbonyl (C=O) groups excluding carboxylic acids is 1. The van der Waals surface area contributed by atoms with Gasteiger partial charge in [-0.2, -0.15) is 18.2 Å². The summed E-state index contributed by atoms with van der Waals surface area (Å²) in [6, 6.07) is 6.10. The fourth-order valence-corrected chi connectivity index (χ4v) is 1.38. The van der Waals surface area contributed by atoms with E-state index in [2.05, 4.69) is 24.7 Å². The molecule has 2 rings (SSSR count). The molecule has 0 radical (unpaired) electrons. The van der Waals surface area contributed by atoms with Crippen LogP contribution in [0.4, 0.5) is 13.2 Å². The van der Waals surface area contributed by atoms with Crippen LogP contribution in [-0.4, -0.2) is 22.3 Å². The second-order valence-electron chi connectivity index (χ2n) is 4.09. The number of hydrogen-bond acceptors (Lipinski definition) is 6. The van der Waals surface area contributed by atoms with E-state index < -0.39 is 18.0 Å². The zero-order valence-electron chi connectivity index (χ0n) is 11.3. The Hall–Kier alpha value is -2.71. The van der Waals surface area contributed by atoms with E-state index in [0.29, 0.717) is 11.1 Å². The molecule has 0 aliphatic rings. The Morgan fingerprint density at radius 3 is 2.59 bits per heavy atom. The van der Waals surface area contributed by atoms with E-state index in [-0.39, 0.29) is 12.2 Å². The fraction of sp³-hybridized carbons (Fsp3) is 0.231. The van der Waals surface area contributed by atoms with Crippen molar-refractivity contribution in [1.29, 1.82) is 0 Å². The number of aromatic nitrogens is 2. The highest BCUT2D eigenvalue weighted by Crippen LogP contribution is 2.29. The molecule has 0 fully saturated rings. The van der Waals surface area contributed by atoms with Crippen molar-refractivity contribution in [3.63, 3.8) is 0 Å². The first-order valence-electron chi connectivity index (χ1n) is 6.14. The van der Waals surface area contributed by atoms with Gasteiger partial charge in [-0.25, -0.2) is 4.79 Å². The third-order valence-electron chi connectivity index (χ3n) is 2.48. The van der Waals surface area contributed by atoms with Gasteiger partial charge in [-0.1, -0.05) is 41.5 Å². The monoisotopic (exact) mass is 313 g/mol. The minimum Gasteiger partial charge on any atom is -0.329 e. The van der Waals surface area contributed by atoms with Crippen molar-refractivity contribution in [3.8, 4) is 11.4 Å². The molecule has 6 nitrogen and oxygen atoms in total. The maximum atomic E-state index is 12.4. The smallest absolute Gasteiger partial charge is 0.329 e. The molecule has 116 valence electrons. The zero-order chi connectivity index (χ0) is 16.2. The van der Waals surface area contributed by atoms with Gasteiger partial charge in [0, 0.05) is 12.0 Å². The summed E-state index contributed by atoms with van der Waals surface area (Å²) in [6.45, 7) is 1.63. The van der Waals surface area contributed by atoms with Crippen molar-refractivity contribution in [1.82, 2.24) is 10.1 Å². The van der Waals surface area contributed by atoms with Gasteiger partial charge in [-0.3, -0.25) is 0 Å². The Kier molecular flexibility index (Phi) is 4.54. The van der Waals surface area contributed by atoms with E-state index in [9.17, 15) is 18.0 Å². The largest absolute Gasteiger partial charge is 0.471 e. The van der Waals surface area contributed by atoms with Crippen molar-refractivity contribution in [3.05, 3.63) is 35.7 Å². The van der Waals surface area contributed by atoms with Gasteiger partial charge in [-0.05, 0) is 5.56 Å². The van der Waals surface area contributed by atoms with Gasteiger partial charge in [0.05, 0.1) is 6.21 Å². The van der Waals surface area contributed by atoms with Crippen LogP contribution in [0.1, 0.15) is 24.8 Å². The average molecular weight is 313 g/mol. The van der Waals surface area contributed by atoms with Crippen molar-refractivity contribution in [2.45, 2.75) is 19.5 Å². The summed E-state index contributed by atoms with van der Waals surface area (Å²) in [6.07, 6.45) is -3.18. The molecule has 9 heteroatoms. The third-order valence-corrected chi connectivity index (χ3v) is 2.48. The highest BCUT2D eigenvalue weighted by molar-refractivity contribution is 5.81. The van der Waals surface area contributed by atoms with Crippen LogP contribution in [0.3, 0.4) is 0 Å². The summed E-state index contributed by atoms with van der Waals surface area (Å²) in [5.41, 5.74) is 0.939. The van der Waals surface area contributed by atoms with E-state index in [1.54, 1.807) is 19.1 Å². The standard InChI is InChI=1S/C13H10F3N3O3/c1-2-10(20)21-17-7-8-3-5-9(6-4-8)11-18-12(22-19-11)13(14,15)16/h3-7H,2H2,1H3/b17-7+. The van der Waals surface area contributed by atoms with Crippen LogP contribution >= 0.6 is 0 Å². The number of carbonyl (C=O) groups is 1. The van der Waals surface area contributed by atoms with E-state index in [1.807, 2.05) is 0 Å². The first-order valence-corrected chi connectivity index (χ1v) is 6.14. The number of rotatable bonds is 4. The van der Waals surface area contributed by atoms with Crippen LogP contribution in [-0.2, 0) is 15.8 Å². The molecule has 0 aliphatic carbocycles. The Balaban J connectivity index is 2.09. The van der Waals surface area contributed by atoms with Crippen LogP contribution in [0, 0.1) is 0 Å². The second-order valence-corrected chi connectivity index (χ2v) is 4.09. The molecule has 0 aliphatic heterocycles. The van der Waals surface area contributed by atoms with Gasteiger partial charge in [-0.15, -0.1) is 0 Å². The molecule has 0 atom stereocenters. The van der Waals surface area contributed by atoms with E-state index >= 15 is 0 Å². The van der Waals surface area contributed by atoms with Gasteiger partial charge in [0.2, 0.25) is 5.82 Å². The molecular weight excluding hydrogens is 303 g/mol. The molecule has 22 heavy (non-hydrogen) atoms. The summed E-state index contributed by atoms with van der Waals surface area (Å²) < 4.78 is 41.2. The molecule has 0 amide bonds. The third kappa shape index (κ3) is 3.90. The Morgan fingerprint density at radius 1 is 1.36 bits per heavy atom. The minimum absolute atomic E-state index is 0.173. The van der Waals surface area contributed by atoms with Crippen LogP contribution < -0.4 is 0 Å². The lowest BCUT2D eigenvalue weighted by atomic mass is 10.1. The molecule has 1 aromatic carbocycles. The predicted octanol–water partition coefficient (Wildman–Crippen LogP) is 3.04. The topological polar surface area (TPSA) is 77.6 Å². The normalized spacial score (nSPS) is 11.8. The van der Waals surface area contributed by atoms with Crippen molar-refractivity contribution in [2.24, 2.45) is 5.16 Å². The summed E-state index contributed by atoms with van der Waals surface area (Å²) in [4.78, 5) is 18.7. The molecule has 2 aromatic rings. The molecule has 1 aromatic heterocycles. The lowest BCUT2D eigenvalue weighted by molar-refractivity contribution is -0.159. The quantitative estimate of drug-likeness (QED) is 0.492. The maximum absolute atomic E-state index is 12.4. The van der Waals surface area contributed by atoms with Crippen molar-refractivity contribution in [2.75, 3.05) is 0 Å². The SMILES string of the molecule is CCC(=O)O/N=C/c1ccc(-c2noc(C(F)(F)F)n2)cc1. The summed E-state index contributed by atoms with van der Waals surface area (Å²) in [7, 11) is 0. The molecular formula is C13H10F3N3O3. The van der Waals surface area contributed by atoms with Crippen LogP contribution in [0.15, 0.2) is 33.9 Å². The van der Waals surface area contributed by atoms with E-state index in [0.717, 1.165) is 0 Å². The lowest BCUT2D eigenvalue weighted by Crippen LogP contribution is -2.04. The first kappa shape index (κ1) is 15.7. The van der Waals surface area contributed by atoms with Crippen molar-refractivity contribution < 1.29 is 27.3 Å². The molecule has 0 saturated carbocycles. The average Bonchev–Trinajstić information content (AvgIpc) is 2.97. The molecule has 0 bridgehead atoms. The highest BCUT2D eigenvalue weighted by atomic mass is 19.4. The number of hydrogen-bond donors (Lipinski definition) is 0. The van der Waals surface area contributed by atoms with Crippen molar-refractivity contribution >= 4 is 12.2 Å². The van der Waals surface area contributed by atoms with Gasteiger partial charge >= 0.3 is 18.0 Å². The van der Waals surface area contributed by atoms with Crippen LogP contribution in [0.5, 0.6) is 0 Å². The minimum atomic E-state index is -4.68. The molecule has 0 spiro atoms. The Labute approximate surface area is 122 Å². The van der Waals surface area contributed by atoms with Gasteiger partial charge in [0.25, 0.3) is 0 Å². The van der Waals surface area contributed by atoms with E-state index in [4.69, 9.17) is 0 Å². The maximum Gasteiger partial charge on any atom is 0.471 e. The number of alkyl halides is 3. The Bertz CT molecular complexity index is 678.